The van der Waals surface area contributed by atoms with E-state index in [1.165, 1.54) is 6.32 Å². The maximum Gasteiger partial charge on any atom is 0.0637 e. The Morgan fingerprint density at radius 3 is 1.71 bits per heavy atom. The molecule has 5 heteroatoms. The van der Waals surface area contributed by atoms with Crippen LogP contribution in [-0.4, -0.2) is 36.1 Å². The van der Waals surface area contributed by atoms with Gasteiger partial charge in [-0.1, -0.05) is 13.2 Å². The van der Waals surface area contributed by atoms with E-state index in [1.807, 2.05) is 0 Å². The molecule has 0 N–H and O–H groups in total. The molecular formula is C2H11B5. The van der Waals surface area contributed by atoms with Gasteiger partial charge in [0.1, 0.15) is 0 Å². The molecule has 0 atom stereocenters. The van der Waals surface area contributed by atoms with Crippen molar-refractivity contribution >= 4 is 36.1 Å². The van der Waals surface area contributed by atoms with E-state index in [0.717, 1.165) is 12.9 Å². The van der Waals surface area contributed by atoms with Gasteiger partial charge in [-0.25, -0.2) is 0 Å². The first kappa shape index (κ1) is 7.32. The second-order valence-electron chi connectivity index (χ2n) is 2.63. The lowest BCUT2D eigenvalue weighted by atomic mass is 8.86. The summed E-state index contributed by atoms with van der Waals surface area (Å²) in [5.41, 5.74) is 0. The Hall–Kier alpha value is 0.325. The minimum absolute atomic E-state index is 0.866. The maximum atomic E-state index is 2.30. The highest BCUT2D eigenvalue weighted by atomic mass is 13.4. The van der Waals surface area contributed by atoms with Gasteiger partial charge in [0.05, 0.1) is 29.7 Å². The number of rotatable bonds is 2. The van der Waals surface area contributed by atoms with Gasteiger partial charge in [0.15, 0.2) is 0 Å². The van der Waals surface area contributed by atoms with E-state index in [-0.39, 0.29) is 0 Å². The van der Waals surface area contributed by atoms with Crippen LogP contribution in [0.1, 0.15) is 6.92 Å². The van der Waals surface area contributed by atoms with E-state index in [2.05, 4.69) is 30.1 Å². The first-order valence-electron chi connectivity index (χ1n) is 3.18. The summed E-state index contributed by atoms with van der Waals surface area (Å²) in [6.07, 6.45) is 2.18. The summed E-state index contributed by atoms with van der Waals surface area (Å²) in [6.45, 7) is 3.14. The molecule has 0 aliphatic heterocycles. The van der Waals surface area contributed by atoms with Crippen molar-refractivity contribution in [1.82, 2.24) is 0 Å². The number of hydrogen-bond donors (Lipinski definition) is 0. The molecule has 0 saturated carbocycles. The Balaban J connectivity index is 3.14. The quantitative estimate of drug-likeness (QED) is 0.327. The predicted octanol–water partition coefficient (Wildman–Crippen LogP) is -2.54. The topological polar surface area (TPSA) is 0 Å². The Labute approximate surface area is 50.1 Å². The normalized spacial score (nSPS) is 8.14. The fourth-order valence-corrected chi connectivity index (χ4v) is 0.471. The van der Waals surface area contributed by atoms with Crippen molar-refractivity contribution < 1.29 is 0 Å². The standard InChI is InChI=1S/C2H11B5/c1-2-6(3)7(4)5/h2-5H2,1H3. The van der Waals surface area contributed by atoms with Gasteiger partial charge >= 0.3 is 0 Å². The molecule has 0 radical (unpaired) electrons. The van der Waals surface area contributed by atoms with Crippen molar-refractivity contribution in [2.75, 3.05) is 0 Å². The first-order chi connectivity index (χ1) is 3.18. The Kier molecular flexibility index (Phi) is 3.50. The van der Waals surface area contributed by atoms with Crippen LogP contribution in [0.2, 0.25) is 6.32 Å². The molecule has 34 valence electrons. The van der Waals surface area contributed by atoms with E-state index in [0.29, 0.717) is 0 Å². The van der Waals surface area contributed by atoms with E-state index in [4.69, 9.17) is 0 Å². The van der Waals surface area contributed by atoms with Gasteiger partial charge in [-0.3, -0.25) is 0 Å². The molecule has 0 aromatic rings. The van der Waals surface area contributed by atoms with Gasteiger partial charge in [-0.15, -0.1) is 0 Å². The molecule has 7 heavy (non-hydrogen) atoms. The van der Waals surface area contributed by atoms with Gasteiger partial charge in [0, 0.05) is 6.39 Å². The average Bonchev–Trinajstić information content (AvgIpc) is 1.65. The van der Waals surface area contributed by atoms with E-state index in [1.54, 1.807) is 0 Å². The van der Waals surface area contributed by atoms with Crippen molar-refractivity contribution in [2.24, 2.45) is 0 Å². The molecule has 0 fully saturated rings. The lowest BCUT2D eigenvalue weighted by Crippen LogP contribution is -2.36. The molecule has 0 aromatic carbocycles. The summed E-state index contributed by atoms with van der Waals surface area (Å²) in [4.78, 5) is 0. The van der Waals surface area contributed by atoms with Crippen LogP contribution >= 0.6 is 0 Å². The number of hydrogen-bond acceptors (Lipinski definition) is 0. The molecule has 0 aliphatic rings. The molecule has 0 bridgehead atoms. The first-order valence-corrected chi connectivity index (χ1v) is 3.18. The lowest BCUT2D eigenvalue weighted by Gasteiger charge is -2.03. The van der Waals surface area contributed by atoms with E-state index < -0.39 is 0 Å². The lowest BCUT2D eigenvalue weighted by molar-refractivity contribution is 1.47. The Morgan fingerprint density at radius 2 is 1.71 bits per heavy atom. The zero-order valence-electron chi connectivity index (χ0n) is 5.86. The predicted molar refractivity (Wildman–Crippen MR) is 47.6 cm³/mol. The summed E-state index contributed by atoms with van der Waals surface area (Å²) in [5, 5.41) is 0. The zero-order chi connectivity index (χ0) is 5.86. The summed E-state index contributed by atoms with van der Waals surface area (Å²) in [7, 11) is 6.84. The van der Waals surface area contributed by atoms with Crippen molar-refractivity contribution in [3.8, 4) is 0 Å². The molecule has 0 amide bonds. The summed E-state index contributed by atoms with van der Waals surface area (Å²) in [5.74, 6) is 0. The van der Waals surface area contributed by atoms with Gasteiger partial charge in [0.2, 0.25) is 0 Å². The Bertz CT molecular complexity index is 43.3. The molecule has 0 nitrogen and oxygen atoms in total. The van der Waals surface area contributed by atoms with Gasteiger partial charge in [-0.05, 0) is 0 Å². The summed E-state index contributed by atoms with van der Waals surface area (Å²) >= 11 is 0. The third-order valence-corrected chi connectivity index (χ3v) is 1.78. The van der Waals surface area contributed by atoms with Crippen molar-refractivity contribution in [2.45, 2.75) is 13.2 Å². The van der Waals surface area contributed by atoms with E-state index >= 15 is 0 Å². The van der Waals surface area contributed by atoms with Crippen LogP contribution in [0.3, 0.4) is 0 Å². The second-order valence-corrected chi connectivity index (χ2v) is 2.63. The molecule has 0 aliphatic carbocycles. The van der Waals surface area contributed by atoms with Crippen LogP contribution in [0.5, 0.6) is 0 Å². The molecular weight excluding hydrogens is 78.1 g/mol. The van der Waals surface area contributed by atoms with Crippen LogP contribution in [0.15, 0.2) is 0 Å². The highest BCUT2D eigenvalue weighted by Gasteiger charge is 2.08. The van der Waals surface area contributed by atoms with Crippen molar-refractivity contribution in [1.29, 1.82) is 0 Å². The third-order valence-electron chi connectivity index (χ3n) is 1.78. The monoisotopic (exact) mass is 90.1 g/mol. The van der Waals surface area contributed by atoms with Crippen LogP contribution in [-0.2, 0) is 0 Å². The van der Waals surface area contributed by atoms with Crippen molar-refractivity contribution in [3.63, 3.8) is 0 Å². The minimum Gasteiger partial charge on any atom is -0.0922 e. The van der Waals surface area contributed by atoms with Crippen LogP contribution in [0.4, 0.5) is 0 Å². The zero-order valence-corrected chi connectivity index (χ0v) is 5.86. The largest absolute Gasteiger partial charge is 0.0922 e. The SMILES string of the molecule is BB(B)B(B)CC. The van der Waals surface area contributed by atoms with Gasteiger partial charge in [0.25, 0.3) is 0 Å². The molecule has 0 unspecified atom stereocenters. The average molecular weight is 89.2 g/mol. The summed E-state index contributed by atoms with van der Waals surface area (Å²) in [6, 6.07) is 0. The minimum atomic E-state index is 0.866. The Morgan fingerprint density at radius 1 is 1.29 bits per heavy atom. The molecule has 0 heterocycles. The smallest absolute Gasteiger partial charge is 0.0637 e. The second kappa shape index (κ2) is 3.34. The van der Waals surface area contributed by atoms with Crippen molar-refractivity contribution in [3.05, 3.63) is 0 Å². The molecule has 0 spiro atoms. The van der Waals surface area contributed by atoms with Gasteiger partial charge < -0.3 is 0 Å². The highest BCUT2D eigenvalue weighted by molar-refractivity contribution is 7.66. The fraction of sp³-hybridized carbons (Fsp3) is 1.00. The van der Waals surface area contributed by atoms with Crippen LogP contribution in [0, 0.1) is 0 Å². The fourth-order valence-electron chi connectivity index (χ4n) is 0.471. The molecule has 0 rings (SSSR count). The van der Waals surface area contributed by atoms with E-state index in [9.17, 15) is 0 Å². The van der Waals surface area contributed by atoms with Gasteiger partial charge in [-0.2, -0.15) is 0 Å². The molecule has 0 saturated heterocycles. The summed E-state index contributed by atoms with van der Waals surface area (Å²) < 4.78 is 0. The highest BCUT2D eigenvalue weighted by Crippen LogP contribution is 1.83. The van der Waals surface area contributed by atoms with Crippen LogP contribution in [0.25, 0.3) is 0 Å². The molecule has 0 aromatic heterocycles. The van der Waals surface area contributed by atoms with Crippen LogP contribution < -0.4 is 0 Å². The third kappa shape index (κ3) is 2.96. The maximum absolute atomic E-state index is 2.30.